The van der Waals surface area contributed by atoms with Crippen molar-refractivity contribution in [1.82, 2.24) is 0 Å². The van der Waals surface area contributed by atoms with Gasteiger partial charge in [-0.1, -0.05) is 0 Å². The first-order valence-electron chi connectivity index (χ1n) is 8.21. The number of esters is 1. The van der Waals surface area contributed by atoms with E-state index in [9.17, 15) is 40.1 Å². The third-order valence-corrected chi connectivity index (χ3v) is 6.74. The molecule has 0 amide bonds. The summed E-state index contributed by atoms with van der Waals surface area (Å²) in [6.45, 7) is -1.15. The number of Topliss-reactive ketones (excluding diaryl/α,β-unsaturated/α-hetero) is 1. The normalized spacial score (nSPS) is 34.2. The Morgan fingerprint density at radius 2 is 1.69 bits per heavy atom. The minimum atomic E-state index is -6.57. The second-order valence-electron chi connectivity index (χ2n) is 7.59. The lowest BCUT2D eigenvalue weighted by molar-refractivity contribution is -0.186. The van der Waals surface area contributed by atoms with Crippen LogP contribution in [0.5, 0.6) is 0 Å². The fraction of sp³-hybridized carbons (Fsp3) is 0.867. The predicted octanol–water partition coefficient (Wildman–Crippen LogP) is 2.09. The van der Waals surface area contributed by atoms with Crippen molar-refractivity contribution in [1.29, 1.82) is 0 Å². The first kappa shape index (κ1) is 19.5. The van der Waals surface area contributed by atoms with Crippen LogP contribution < -0.4 is 0 Å². The van der Waals surface area contributed by atoms with Crippen LogP contribution in [0.15, 0.2) is 0 Å². The number of hydrogen-bond acceptors (Lipinski definition) is 6. The summed E-state index contributed by atoms with van der Waals surface area (Å²) in [6.07, 6.45) is 0.580. The second-order valence-corrected chi connectivity index (χ2v) is 9.01. The predicted molar refractivity (Wildman–Crippen MR) is 76.2 cm³/mol. The van der Waals surface area contributed by atoms with Gasteiger partial charge < -0.3 is 9.29 Å². The Labute approximate surface area is 147 Å². The van der Waals surface area contributed by atoms with E-state index in [1.807, 2.05) is 0 Å². The summed E-state index contributed by atoms with van der Waals surface area (Å²) in [4.78, 5) is 24.5. The molecule has 0 spiro atoms. The lowest BCUT2D eigenvalue weighted by atomic mass is 9.49. The van der Waals surface area contributed by atoms with Crippen molar-refractivity contribution < 1.29 is 44.9 Å². The monoisotopic (exact) mass is 401 g/mol. The Kier molecular flexibility index (Phi) is 4.42. The molecule has 0 heterocycles. The standard InChI is InChI=1S/C15H18F4O6S/c16-14(17,15(18,19)26(22,23)24)1-2-25-12(21)13-5-8-3-9(6-13)11(20)10(4-8)7-13/h8-10H,1-7H2,(H,22,23,24)/p-1. The Morgan fingerprint density at radius 1 is 1.15 bits per heavy atom. The number of alkyl halides is 4. The van der Waals surface area contributed by atoms with Crippen LogP contribution in [-0.2, 0) is 24.4 Å². The van der Waals surface area contributed by atoms with Crippen molar-refractivity contribution in [3.8, 4) is 0 Å². The molecule has 11 heteroatoms. The van der Waals surface area contributed by atoms with E-state index in [1.165, 1.54) is 0 Å². The number of carbonyl (C=O) groups excluding carboxylic acids is 2. The topological polar surface area (TPSA) is 101 Å². The maximum atomic E-state index is 13.4. The maximum Gasteiger partial charge on any atom is 0.396 e. The summed E-state index contributed by atoms with van der Waals surface area (Å²) >= 11 is 0. The smallest absolute Gasteiger partial charge is 0.396 e. The van der Waals surface area contributed by atoms with Gasteiger partial charge in [0.1, 0.15) is 5.78 Å². The fourth-order valence-electron chi connectivity index (χ4n) is 4.75. The molecule has 4 aliphatic rings. The molecule has 0 N–H and O–H groups in total. The molecule has 2 unspecified atom stereocenters. The van der Waals surface area contributed by atoms with Crippen LogP contribution in [-0.4, -0.2) is 42.5 Å². The van der Waals surface area contributed by atoms with Gasteiger partial charge in [0.05, 0.1) is 18.4 Å². The molecule has 0 aliphatic heterocycles. The number of ether oxygens (including phenoxy) is 1. The average molecular weight is 401 g/mol. The maximum absolute atomic E-state index is 13.4. The number of rotatable bonds is 6. The SMILES string of the molecule is O=C1C2CC3CC1CC(C(=O)OCCC(F)(F)C(F)(F)S(=O)(=O)[O-])(C3)C2. The molecule has 0 aromatic rings. The fourth-order valence-corrected chi connectivity index (χ4v) is 5.22. The third kappa shape index (κ3) is 2.92. The van der Waals surface area contributed by atoms with Gasteiger partial charge in [0.25, 0.3) is 0 Å². The zero-order valence-electron chi connectivity index (χ0n) is 13.6. The van der Waals surface area contributed by atoms with E-state index < -0.39 is 45.7 Å². The number of hydrogen-bond donors (Lipinski definition) is 0. The highest BCUT2D eigenvalue weighted by Crippen LogP contribution is 2.59. The second kappa shape index (κ2) is 5.88. The summed E-state index contributed by atoms with van der Waals surface area (Å²) < 4.78 is 88.7. The number of ketones is 1. The van der Waals surface area contributed by atoms with Gasteiger partial charge in [-0.15, -0.1) is 0 Å². The molecule has 6 nitrogen and oxygen atoms in total. The van der Waals surface area contributed by atoms with E-state index in [4.69, 9.17) is 4.74 Å². The molecule has 26 heavy (non-hydrogen) atoms. The van der Waals surface area contributed by atoms with Crippen LogP contribution in [0.3, 0.4) is 0 Å². The van der Waals surface area contributed by atoms with Crippen LogP contribution in [0.4, 0.5) is 17.6 Å². The molecular formula is C15H17F4O6S-. The zero-order valence-corrected chi connectivity index (χ0v) is 14.4. The minimum absolute atomic E-state index is 0.108. The van der Waals surface area contributed by atoms with Crippen LogP contribution >= 0.6 is 0 Å². The number of carbonyl (C=O) groups is 2. The first-order valence-corrected chi connectivity index (χ1v) is 9.62. The van der Waals surface area contributed by atoms with Crippen molar-refractivity contribution >= 4 is 21.9 Å². The van der Waals surface area contributed by atoms with Crippen LogP contribution in [0.1, 0.15) is 38.5 Å². The van der Waals surface area contributed by atoms with Crippen molar-refractivity contribution in [2.24, 2.45) is 23.2 Å². The van der Waals surface area contributed by atoms with E-state index in [2.05, 4.69) is 0 Å². The summed E-state index contributed by atoms with van der Waals surface area (Å²) in [7, 11) is -6.57. The van der Waals surface area contributed by atoms with Gasteiger partial charge in [-0.05, 0) is 38.0 Å². The van der Waals surface area contributed by atoms with Crippen molar-refractivity contribution in [3.63, 3.8) is 0 Å². The Hall–Kier alpha value is -1.23. The highest BCUT2D eigenvalue weighted by molar-refractivity contribution is 7.86. The van der Waals surface area contributed by atoms with Gasteiger partial charge in [-0.3, -0.25) is 9.59 Å². The zero-order chi connectivity index (χ0) is 19.5. The van der Waals surface area contributed by atoms with Gasteiger partial charge >= 0.3 is 17.1 Å². The van der Waals surface area contributed by atoms with Crippen LogP contribution in [0.2, 0.25) is 0 Å². The van der Waals surface area contributed by atoms with E-state index in [0.29, 0.717) is 19.3 Å². The summed E-state index contributed by atoms with van der Waals surface area (Å²) in [5.41, 5.74) is -0.965. The molecule has 0 aromatic heterocycles. The minimum Gasteiger partial charge on any atom is -0.743 e. The molecule has 4 aliphatic carbocycles. The van der Waals surface area contributed by atoms with Gasteiger partial charge in [0.2, 0.25) is 0 Å². The Morgan fingerprint density at radius 3 is 2.19 bits per heavy atom. The van der Waals surface area contributed by atoms with Crippen LogP contribution in [0.25, 0.3) is 0 Å². The van der Waals surface area contributed by atoms with Crippen molar-refractivity contribution in [3.05, 3.63) is 0 Å². The quantitative estimate of drug-likeness (QED) is 0.384. The lowest BCUT2D eigenvalue weighted by Crippen LogP contribution is -2.55. The van der Waals surface area contributed by atoms with Gasteiger partial charge in [-0.25, -0.2) is 8.42 Å². The molecule has 0 radical (unpaired) electrons. The molecule has 4 bridgehead atoms. The van der Waals surface area contributed by atoms with Crippen molar-refractivity contribution in [2.45, 2.75) is 49.7 Å². The lowest BCUT2D eigenvalue weighted by Gasteiger charge is -2.53. The molecule has 148 valence electrons. The largest absolute Gasteiger partial charge is 0.743 e. The van der Waals surface area contributed by atoms with Crippen LogP contribution in [0, 0.1) is 23.2 Å². The Balaban J connectivity index is 1.63. The molecular weight excluding hydrogens is 384 g/mol. The highest BCUT2D eigenvalue weighted by atomic mass is 32.2. The van der Waals surface area contributed by atoms with E-state index in [0.717, 1.165) is 0 Å². The summed E-state index contributed by atoms with van der Waals surface area (Å²) in [5, 5.41) is -5.79. The van der Waals surface area contributed by atoms with E-state index in [-0.39, 0.29) is 36.4 Å². The summed E-state index contributed by atoms with van der Waals surface area (Å²) in [5.74, 6) is -6.22. The third-order valence-electron chi connectivity index (χ3n) is 5.82. The molecule has 4 fully saturated rings. The summed E-state index contributed by atoms with van der Waals surface area (Å²) in [6, 6.07) is 0. The van der Waals surface area contributed by atoms with E-state index in [1.54, 1.807) is 0 Å². The average Bonchev–Trinajstić information content (AvgIpc) is 2.50. The molecule has 4 saturated carbocycles. The molecule has 4 rings (SSSR count). The van der Waals surface area contributed by atoms with Crippen molar-refractivity contribution in [2.75, 3.05) is 6.61 Å². The van der Waals surface area contributed by atoms with Gasteiger partial charge in [-0.2, -0.15) is 17.6 Å². The van der Waals surface area contributed by atoms with Gasteiger partial charge in [0, 0.05) is 11.8 Å². The van der Waals surface area contributed by atoms with Gasteiger partial charge in [0.15, 0.2) is 10.1 Å². The molecule has 2 atom stereocenters. The molecule has 0 aromatic carbocycles. The Bertz CT molecular complexity index is 716. The van der Waals surface area contributed by atoms with E-state index >= 15 is 0 Å². The highest BCUT2D eigenvalue weighted by Gasteiger charge is 2.62. The first-order chi connectivity index (χ1) is 11.8. The number of halogens is 4. The molecule has 0 saturated heterocycles.